The third kappa shape index (κ3) is 6.52. The Bertz CT molecular complexity index is 1420. The lowest BCUT2D eigenvalue weighted by Gasteiger charge is -2.35. The number of anilines is 1. The number of hydrogen-bond acceptors (Lipinski definition) is 6. The first-order chi connectivity index (χ1) is 18.0. The molecule has 1 atom stereocenters. The Hall–Kier alpha value is -3.61. The van der Waals surface area contributed by atoms with E-state index in [0.717, 1.165) is 17.0 Å². The highest BCUT2D eigenvalue weighted by Crippen LogP contribution is 2.38. The van der Waals surface area contributed by atoms with Crippen LogP contribution in [-0.4, -0.2) is 55.7 Å². The minimum absolute atomic E-state index is 0.0543. The molecule has 1 fully saturated rings. The summed E-state index contributed by atoms with van der Waals surface area (Å²) in [5.74, 6) is -5.94. The second-order valence-corrected chi connectivity index (χ2v) is 12.6. The highest BCUT2D eigenvalue weighted by atomic mass is 32.2. The Balaban J connectivity index is 1.73. The van der Waals surface area contributed by atoms with Gasteiger partial charge in [0.05, 0.1) is 22.9 Å². The van der Waals surface area contributed by atoms with Crippen molar-refractivity contribution in [2.24, 2.45) is 0 Å². The fraction of sp³-hybridized carbons (Fsp3) is 0.423. The summed E-state index contributed by atoms with van der Waals surface area (Å²) < 4.78 is 72.9. The van der Waals surface area contributed by atoms with Crippen LogP contribution in [0.5, 0.6) is 0 Å². The quantitative estimate of drug-likeness (QED) is 0.570. The summed E-state index contributed by atoms with van der Waals surface area (Å²) in [6, 6.07) is 6.70. The number of carbonyl (C=O) groups excluding carboxylic acids is 3. The lowest BCUT2D eigenvalue weighted by Crippen LogP contribution is -2.51. The largest absolute Gasteiger partial charge is 0.444 e. The average molecular weight is 568 g/mol. The second-order valence-electron chi connectivity index (χ2n) is 10.6. The van der Waals surface area contributed by atoms with Crippen molar-refractivity contribution in [1.82, 2.24) is 10.6 Å². The van der Waals surface area contributed by atoms with E-state index in [1.54, 1.807) is 20.8 Å². The fourth-order valence-corrected chi connectivity index (χ4v) is 5.97. The Morgan fingerprint density at radius 1 is 1.10 bits per heavy atom. The van der Waals surface area contributed by atoms with Gasteiger partial charge in [-0.15, -0.1) is 0 Å². The van der Waals surface area contributed by atoms with Crippen LogP contribution in [0.15, 0.2) is 47.4 Å². The number of benzene rings is 2. The lowest BCUT2D eigenvalue weighted by molar-refractivity contribution is -0.120. The average Bonchev–Trinajstić information content (AvgIpc) is 2.86. The van der Waals surface area contributed by atoms with E-state index in [-0.39, 0.29) is 21.7 Å². The molecule has 2 aromatic rings. The number of nitrogens with one attached hydrogen (secondary N) is 2. The first-order valence-corrected chi connectivity index (χ1v) is 13.8. The Labute approximate surface area is 223 Å². The van der Waals surface area contributed by atoms with Crippen molar-refractivity contribution in [1.29, 1.82) is 0 Å². The van der Waals surface area contributed by atoms with E-state index < -0.39 is 82.3 Å². The first kappa shape index (κ1) is 28.4. The molecular formula is C26H28F3N3O6S. The van der Waals surface area contributed by atoms with E-state index in [1.165, 1.54) is 30.3 Å². The van der Waals surface area contributed by atoms with Crippen molar-refractivity contribution in [3.05, 3.63) is 59.4 Å². The molecule has 39 heavy (non-hydrogen) atoms. The number of amides is 3. The standard InChI is InChI=1S/C26H28F3N3O6S/c1-25(2,3)38-24(35)31-19-14-39(36,37)21-9-8-15(22(33)30-17-11-26(28,29)12-17)10-20(21)32(23(19)34)13-16-6-4-5-7-18(16)27/h4-10,17,19H,11-14H2,1-3H3,(H,30,33)(H,31,35)/t19-/m0/s1. The van der Waals surface area contributed by atoms with E-state index in [1.807, 2.05) is 0 Å². The molecule has 2 aromatic carbocycles. The van der Waals surface area contributed by atoms with Crippen molar-refractivity contribution in [2.75, 3.05) is 10.7 Å². The first-order valence-electron chi connectivity index (χ1n) is 12.1. The smallest absolute Gasteiger partial charge is 0.408 e. The molecule has 0 bridgehead atoms. The minimum Gasteiger partial charge on any atom is -0.444 e. The highest BCUT2D eigenvalue weighted by molar-refractivity contribution is 7.91. The van der Waals surface area contributed by atoms with Crippen LogP contribution >= 0.6 is 0 Å². The van der Waals surface area contributed by atoms with Crippen LogP contribution in [-0.2, 0) is 25.9 Å². The van der Waals surface area contributed by atoms with Crippen LogP contribution in [0.2, 0.25) is 0 Å². The van der Waals surface area contributed by atoms with Gasteiger partial charge in [-0.25, -0.2) is 26.4 Å². The number of fused-ring (bicyclic) bond motifs is 1. The molecule has 1 heterocycles. The Morgan fingerprint density at radius 3 is 2.38 bits per heavy atom. The predicted molar refractivity (Wildman–Crippen MR) is 135 cm³/mol. The van der Waals surface area contributed by atoms with Crippen LogP contribution < -0.4 is 15.5 Å². The Kier molecular flexibility index (Phi) is 7.41. The summed E-state index contributed by atoms with van der Waals surface area (Å²) in [5, 5.41) is 4.76. The number of carbonyl (C=O) groups is 3. The number of sulfone groups is 1. The number of ether oxygens (including phenoxy) is 1. The molecule has 210 valence electrons. The van der Waals surface area contributed by atoms with Crippen LogP contribution in [0.1, 0.15) is 49.5 Å². The van der Waals surface area contributed by atoms with Gasteiger partial charge in [-0.1, -0.05) is 18.2 Å². The van der Waals surface area contributed by atoms with Crippen LogP contribution in [0, 0.1) is 5.82 Å². The van der Waals surface area contributed by atoms with Gasteiger partial charge < -0.3 is 20.3 Å². The van der Waals surface area contributed by atoms with Gasteiger partial charge in [-0.3, -0.25) is 9.59 Å². The molecule has 1 aliphatic carbocycles. The summed E-state index contributed by atoms with van der Waals surface area (Å²) in [6.07, 6.45) is -2.06. The van der Waals surface area contributed by atoms with Gasteiger partial charge in [-0.2, -0.15) is 0 Å². The zero-order valence-electron chi connectivity index (χ0n) is 21.5. The van der Waals surface area contributed by atoms with Crippen LogP contribution in [0.25, 0.3) is 0 Å². The SMILES string of the molecule is CC(C)(C)OC(=O)N[C@H]1CS(=O)(=O)c2ccc(C(=O)NC3CC(F)(F)C3)cc2N(Cc2ccccc2F)C1=O. The molecule has 0 radical (unpaired) electrons. The van der Waals surface area contributed by atoms with Gasteiger partial charge in [0.2, 0.25) is 0 Å². The molecule has 2 aliphatic rings. The number of alkyl carbamates (subject to hydrolysis) is 1. The second kappa shape index (κ2) is 10.2. The van der Waals surface area contributed by atoms with E-state index >= 15 is 0 Å². The van der Waals surface area contributed by atoms with E-state index in [4.69, 9.17) is 4.74 Å². The Morgan fingerprint density at radius 2 is 1.77 bits per heavy atom. The van der Waals surface area contributed by atoms with Gasteiger partial charge in [0, 0.05) is 30.0 Å². The van der Waals surface area contributed by atoms with Crippen molar-refractivity contribution in [2.45, 2.75) is 68.7 Å². The van der Waals surface area contributed by atoms with E-state index in [0.29, 0.717) is 0 Å². The monoisotopic (exact) mass is 567 g/mol. The lowest BCUT2D eigenvalue weighted by atomic mass is 9.88. The van der Waals surface area contributed by atoms with Crippen molar-refractivity contribution < 1.29 is 40.7 Å². The predicted octanol–water partition coefficient (Wildman–Crippen LogP) is 3.57. The van der Waals surface area contributed by atoms with Crippen LogP contribution in [0.3, 0.4) is 0 Å². The van der Waals surface area contributed by atoms with Crippen molar-refractivity contribution in [3.63, 3.8) is 0 Å². The maximum atomic E-state index is 14.6. The molecule has 2 N–H and O–H groups in total. The molecule has 0 saturated heterocycles. The molecule has 1 aliphatic heterocycles. The van der Waals surface area contributed by atoms with Crippen LogP contribution in [0.4, 0.5) is 23.7 Å². The number of hydrogen-bond donors (Lipinski definition) is 2. The summed E-state index contributed by atoms with van der Waals surface area (Å²) >= 11 is 0. The third-order valence-electron chi connectivity index (χ3n) is 6.20. The molecule has 0 aromatic heterocycles. The van der Waals surface area contributed by atoms with Gasteiger partial charge >= 0.3 is 6.09 Å². The van der Waals surface area contributed by atoms with Gasteiger partial charge in [0.1, 0.15) is 17.5 Å². The van der Waals surface area contributed by atoms with Crippen molar-refractivity contribution >= 4 is 33.4 Å². The molecule has 3 amide bonds. The molecule has 1 saturated carbocycles. The van der Waals surface area contributed by atoms with E-state index in [9.17, 15) is 36.0 Å². The van der Waals surface area contributed by atoms with Crippen molar-refractivity contribution in [3.8, 4) is 0 Å². The normalized spacial score (nSPS) is 20.3. The summed E-state index contributed by atoms with van der Waals surface area (Å²) in [4.78, 5) is 39.6. The molecule has 13 heteroatoms. The van der Waals surface area contributed by atoms with E-state index in [2.05, 4.69) is 10.6 Å². The zero-order chi connectivity index (χ0) is 28.8. The van der Waals surface area contributed by atoms with Gasteiger partial charge in [0.25, 0.3) is 17.7 Å². The number of nitrogens with zero attached hydrogens (tertiary/aromatic N) is 1. The zero-order valence-corrected chi connectivity index (χ0v) is 22.3. The molecule has 0 spiro atoms. The molecule has 4 rings (SSSR count). The minimum atomic E-state index is -4.22. The van der Waals surface area contributed by atoms with Gasteiger partial charge in [-0.05, 0) is 45.0 Å². The maximum absolute atomic E-state index is 14.6. The van der Waals surface area contributed by atoms with Gasteiger partial charge in [0.15, 0.2) is 9.84 Å². The summed E-state index contributed by atoms with van der Waals surface area (Å²) in [6.45, 7) is 4.36. The third-order valence-corrected chi connectivity index (χ3v) is 7.99. The highest BCUT2D eigenvalue weighted by Gasteiger charge is 2.46. The summed E-state index contributed by atoms with van der Waals surface area (Å²) in [5.41, 5.74) is -1.16. The molecule has 9 nitrogen and oxygen atoms in total. The number of halogens is 3. The topological polar surface area (TPSA) is 122 Å². The molecule has 0 unspecified atom stereocenters. The maximum Gasteiger partial charge on any atom is 0.408 e. The molecular weight excluding hydrogens is 539 g/mol. The fourth-order valence-electron chi connectivity index (χ4n) is 4.37. The summed E-state index contributed by atoms with van der Waals surface area (Å²) in [7, 11) is -4.22. The number of alkyl halides is 2. The number of rotatable bonds is 5.